The van der Waals surface area contributed by atoms with Crippen LogP contribution in [0.1, 0.15) is 40.0 Å². The molecule has 62 valence electrons. The summed E-state index contributed by atoms with van der Waals surface area (Å²) in [6.45, 7) is 9.14. The number of hydrogen-bond acceptors (Lipinski definition) is 1. The van der Waals surface area contributed by atoms with Crippen LogP contribution in [0, 0.1) is 5.92 Å². The van der Waals surface area contributed by atoms with E-state index in [-0.39, 0.29) is 0 Å². The Morgan fingerprint density at radius 1 is 1.20 bits per heavy atom. The lowest BCUT2D eigenvalue weighted by Crippen LogP contribution is -2.03. The van der Waals surface area contributed by atoms with Gasteiger partial charge in [0.15, 0.2) is 0 Å². The molecule has 1 rings (SSSR count). The Morgan fingerprint density at radius 3 is 1.70 bits per heavy atom. The maximum atomic E-state index is 3.22. The van der Waals surface area contributed by atoms with Crippen LogP contribution in [-0.2, 0) is 0 Å². The van der Waals surface area contributed by atoms with Crippen LogP contribution in [0.15, 0.2) is 0 Å². The Bertz CT molecular complexity index is 48.1. The van der Waals surface area contributed by atoms with Crippen LogP contribution >= 0.6 is 0 Å². The molecule has 0 saturated carbocycles. The van der Waals surface area contributed by atoms with Crippen molar-refractivity contribution < 1.29 is 0 Å². The molecule has 1 heterocycles. The Balaban J connectivity index is 0.000000162. The summed E-state index contributed by atoms with van der Waals surface area (Å²) in [4.78, 5) is 0. The smallest absolute Gasteiger partial charge is 0.00484 e. The SMILES string of the molecule is C1CCNC1.CCC(C)C. The minimum absolute atomic E-state index is 0.884. The third-order valence-corrected chi connectivity index (χ3v) is 1.77. The van der Waals surface area contributed by atoms with Crippen LogP contribution in [0.5, 0.6) is 0 Å². The van der Waals surface area contributed by atoms with E-state index in [0.29, 0.717) is 0 Å². The summed E-state index contributed by atoms with van der Waals surface area (Å²) in [5, 5.41) is 3.22. The van der Waals surface area contributed by atoms with Crippen molar-refractivity contribution in [2.24, 2.45) is 5.92 Å². The topological polar surface area (TPSA) is 12.0 Å². The van der Waals surface area contributed by atoms with E-state index in [0.717, 1.165) is 5.92 Å². The van der Waals surface area contributed by atoms with Crippen LogP contribution in [-0.4, -0.2) is 13.1 Å². The molecule has 0 aliphatic carbocycles. The molecule has 0 aromatic heterocycles. The van der Waals surface area contributed by atoms with Gasteiger partial charge in [-0.05, 0) is 31.8 Å². The van der Waals surface area contributed by atoms with Gasteiger partial charge in [0.2, 0.25) is 0 Å². The Morgan fingerprint density at radius 2 is 1.60 bits per heavy atom. The van der Waals surface area contributed by atoms with Crippen LogP contribution in [0.2, 0.25) is 0 Å². The summed E-state index contributed by atoms with van der Waals surface area (Å²) in [6, 6.07) is 0. The van der Waals surface area contributed by atoms with E-state index in [4.69, 9.17) is 0 Å². The van der Waals surface area contributed by atoms with Crippen molar-refractivity contribution in [1.82, 2.24) is 5.32 Å². The zero-order chi connectivity index (χ0) is 7.82. The quantitative estimate of drug-likeness (QED) is 0.594. The monoisotopic (exact) mass is 143 g/mol. The van der Waals surface area contributed by atoms with Gasteiger partial charge in [-0.15, -0.1) is 0 Å². The molecule has 1 aliphatic rings. The molecular formula is C9H21N. The highest BCUT2D eigenvalue weighted by Crippen LogP contribution is 1.93. The molecule has 1 saturated heterocycles. The molecule has 10 heavy (non-hydrogen) atoms. The Kier molecular flexibility index (Phi) is 7.04. The second-order valence-electron chi connectivity index (χ2n) is 3.26. The minimum atomic E-state index is 0.884. The highest BCUT2D eigenvalue weighted by atomic mass is 14.9. The molecule has 0 amide bonds. The standard InChI is InChI=1S/C5H12.C4H9N/c1-4-5(2)3;1-2-4-5-3-1/h5H,4H2,1-3H3;5H,1-4H2. The van der Waals surface area contributed by atoms with E-state index < -0.39 is 0 Å². The van der Waals surface area contributed by atoms with E-state index in [1.165, 1.54) is 32.4 Å². The van der Waals surface area contributed by atoms with Crippen molar-refractivity contribution in [3.8, 4) is 0 Å². The van der Waals surface area contributed by atoms with Crippen molar-refractivity contribution in [3.05, 3.63) is 0 Å². The highest BCUT2D eigenvalue weighted by Gasteiger charge is 1.93. The molecule has 0 aromatic rings. The van der Waals surface area contributed by atoms with Crippen LogP contribution in [0.25, 0.3) is 0 Å². The zero-order valence-corrected chi connectivity index (χ0v) is 7.61. The summed E-state index contributed by atoms with van der Waals surface area (Å²) in [7, 11) is 0. The first-order chi connectivity index (χ1) is 4.77. The van der Waals surface area contributed by atoms with E-state index in [1.54, 1.807) is 0 Å². The van der Waals surface area contributed by atoms with Crippen LogP contribution in [0.3, 0.4) is 0 Å². The van der Waals surface area contributed by atoms with E-state index in [2.05, 4.69) is 26.1 Å². The molecule has 1 N–H and O–H groups in total. The van der Waals surface area contributed by atoms with Gasteiger partial charge in [0.05, 0.1) is 0 Å². The molecule has 1 fully saturated rings. The predicted octanol–water partition coefficient (Wildman–Crippen LogP) is 2.42. The first kappa shape index (κ1) is 9.96. The number of hydrogen-bond donors (Lipinski definition) is 1. The zero-order valence-electron chi connectivity index (χ0n) is 7.61. The lowest BCUT2D eigenvalue weighted by atomic mass is 10.2. The lowest BCUT2D eigenvalue weighted by molar-refractivity contribution is 0.626. The van der Waals surface area contributed by atoms with E-state index >= 15 is 0 Å². The van der Waals surface area contributed by atoms with Gasteiger partial charge in [-0.25, -0.2) is 0 Å². The van der Waals surface area contributed by atoms with Crippen molar-refractivity contribution in [3.63, 3.8) is 0 Å². The Labute approximate surface area is 65.2 Å². The van der Waals surface area contributed by atoms with Crippen molar-refractivity contribution in [2.45, 2.75) is 40.0 Å². The minimum Gasteiger partial charge on any atom is -0.317 e. The Hall–Kier alpha value is -0.0400. The lowest BCUT2D eigenvalue weighted by Gasteiger charge is -1.90. The average Bonchev–Trinajstić information content (AvgIpc) is 2.43. The van der Waals surface area contributed by atoms with E-state index in [9.17, 15) is 0 Å². The van der Waals surface area contributed by atoms with Gasteiger partial charge in [0, 0.05) is 0 Å². The van der Waals surface area contributed by atoms with Crippen molar-refractivity contribution in [2.75, 3.05) is 13.1 Å². The molecule has 0 unspecified atom stereocenters. The fourth-order valence-electron chi connectivity index (χ4n) is 0.625. The van der Waals surface area contributed by atoms with Gasteiger partial charge in [-0.2, -0.15) is 0 Å². The normalized spacial score (nSPS) is 16.8. The van der Waals surface area contributed by atoms with Crippen LogP contribution < -0.4 is 5.32 Å². The van der Waals surface area contributed by atoms with Gasteiger partial charge in [-0.1, -0.05) is 27.2 Å². The maximum Gasteiger partial charge on any atom is -0.00484 e. The summed E-state index contributed by atoms with van der Waals surface area (Å²) < 4.78 is 0. The predicted molar refractivity (Wildman–Crippen MR) is 47.2 cm³/mol. The molecule has 0 spiro atoms. The molecular weight excluding hydrogens is 122 g/mol. The maximum absolute atomic E-state index is 3.22. The number of rotatable bonds is 1. The van der Waals surface area contributed by atoms with Gasteiger partial charge in [0.25, 0.3) is 0 Å². The molecule has 0 bridgehead atoms. The third-order valence-electron chi connectivity index (χ3n) is 1.77. The summed E-state index contributed by atoms with van der Waals surface area (Å²) in [5.74, 6) is 0.884. The van der Waals surface area contributed by atoms with Gasteiger partial charge in [0.1, 0.15) is 0 Å². The summed E-state index contributed by atoms with van der Waals surface area (Å²) in [6.07, 6.45) is 4.08. The van der Waals surface area contributed by atoms with E-state index in [1.807, 2.05) is 0 Å². The highest BCUT2D eigenvalue weighted by molar-refractivity contribution is 4.55. The largest absolute Gasteiger partial charge is 0.317 e. The average molecular weight is 143 g/mol. The summed E-state index contributed by atoms with van der Waals surface area (Å²) >= 11 is 0. The van der Waals surface area contributed by atoms with Gasteiger partial charge >= 0.3 is 0 Å². The van der Waals surface area contributed by atoms with Gasteiger partial charge < -0.3 is 5.32 Å². The molecule has 1 heteroatoms. The van der Waals surface area contributed by atoms with Crippen molar-refractivity contribution in [1.29, 1.82) is 0 Å². The van der Waals surface area contributed by atoms with Crippen LogP contribution in [0.4, 0.5) is 0 Å². The number of nitrogens with one attached hydrogen (secondary N) is 1. The molecule has 1 nitrogen and oxygen atoms in total. The summed E-state index contributed by atoms with van der Waals surface area (Å²) in [5.41, 5.74) is 0. The molecule has 0 radical (unpaired) electrons. The molecule has 1 aliphatic heterocycles. The fraction of sp³-hybridized carbons (Fsp3) is 1.00. The van der Waals surface area contributed by atoms with Crippen molar-refractivity contribution >= 4 is 0 Å². The second-order valence-corrected chi connectivity index (χ2v) is 3.26. The molecule has 0 atom stereocenters. The first-order valence-electron chi connectivity index (χ1n) is 4.48. The third kappa shape index (κ3) is 7.96. The second kappa shape index (κ2) is 7.07. The first-order valence-corrected chi connectivity index (χ1v) is 4.48. The molecule has 0 aromatic carbocycles. The fourth-order valence-corrected chi connectivity index (χ4v) is 0.625. The van der Waals surface area contributed by atoms with Gasteiger partial charge in [-0.3, -0.25) is 0 Å².